The van der Waals surface area contributed by atoms with Gasteiger partial charge in [0.2, 0.25) is 0 Å². The van der Waals surface area contributed by atoms with Gasteiger partial charge in [-0.25, -0.2) is 0 Å². The van der Waals surface area contributed by atoms with E-state index >= 15 is 0 Å². The second-order valence-electron chi connectivity index (χ2n) is 5.45. The van der Waals surface area contributed by atoms with Crippen LogP contribution in [0, 0.1) is 5.92 Å². The molecular weight excluding hydrogens is 244 g/mol. The summed E-state index contributed by atoms with van der Waals surface area (Å²) in [4.78, 5) is 0. The van der Waals surface area contributed by atoms with Gasteiger partial charge >= 0.3 is 9.28 Å². The average Bonchev–Trinajstić information content (AvgIpc) is 3.15. The maximum Gasteiger partial charge on any atom is 0.321 e. The van der Waals surface area contributed by atoms with E-state index in [1.54, 1.807) is 0 Å². The van der Waals surface area contributed by atoms with E-state index in [2.05, 4.69) is 13.8 Å². The smallest absolute Gasteiger partial charge is 0.321 e. The highest BCUT2D eigenvalue weighted by Crippen LogP contribution is 2.42. The highest BCUT2D eigenvalue weighted by molar-refractivity contribution is 6.44. The molecule has 3 unspecified atom stereocenters. The lowest BCUT2D eigenvalue weighted by atomic mass is 9.86. The molecule has 3 nitrogen and oxygen atoms in total. The monoisotopic (exact) mass is 272 g/mol. The summed E-state index contributed by atoms with van der Waals surface area (Å²) in [5.41, 5.74) is 0. The number of ether oxygens (including phenoxy) is 1. The van der Waals surface area contributed by atoms with Crippen LogP contribution in [0.3, 0.4) is 0 Å². The van der Waals surface area contributed by atoms with Gasteiger partial charge in [-0.1, -0.05) is 19.3 Å². The second-order valence-corrected chi connectivity index (χ2v) is 7.56. The number of hydrogen-bond acceptors (Lipinski definition) is 3. The molecule has 0 aromatic heterocycles. The molecular formula is C14H28O3Si. The number of epoxide rings is 1. The van der Waals surface area contributed by atoms with E-state index in [0.29, 0.717) is 12.2 Å². The van der Waals surface area contributed by atoms with Crippen molar-refractivity contribution in [1.82, 2.24) is 0 Å². The highest BCUT2D eigenvalue weighted by Gasteiger charge is 2.46. The van der Waals surface area contributed by atoms with Crippen molar-refractivity contribution in [2.45, 2.75) is 70.6 Å². The van der Waals surface area contributed by atoms with Crippen molar-refractivity contribution in [3.8, 4) is 0 Å². The SMILES string of the molecule is CCO[SiH](CCCCC1CCCC2OC12)OCC. The Labute approximate surface area is 113 Å². The molecule has 0 amide bonds. The summed E-state index contributed by atoms with van der Waals surface area (Å²) in [6.45, 7) is 5.73. The van der Waals surface area contributed by atoms with Gasteiger partial charge < -0.3 is 13.6 Å². The van der Waals surface area contributed by atoms with E-state index < -0.39 is 9.28 Å². The Morgan fingerprint density at radius 1 is 1.11 bits per heavy atom. The summed E-state index contributed by atoms with van der Waals surface area (Å²) >= 11 is 0. The predicted molar refractivity (Wildman–Crippen MR) is 75.1 cm³/mol. The fraction of sp³-hybridized carbons (Fsp3) is 1.00. The van der Waals surface area contributed by atoms with Crippen molar-refractivity contribution in [2.24, 2.45) is 5.92 Å². The van der Waals surface area contributed by atoms with Gasteiger partial charge in [0.1, 0.15) is 0 Å². The third-order valence-electron chi connectivity index (χ3n) is 4.12. The number of hydrogen-bond donors (Lipinski definition) is 0. The Hall–Kier alpha value is 0.0969. The third kappa shape index (κ3) is 4.33. The van der Waals surface area contributed by atoms with E-state index in [1.807, 2.05) is 0 Å². The molecule has 1 heterocycles. The van der Waals surface area contributed by atoms with Crippen LogP contribution in [0.15, 0.2) is 0 Å². The summed E-state index contributed by atoms with van der Waals surface area (Å²) in [6, 6.07) is 1.17. The Morgan fingerprint density at radius 3 is 2.61 bits per heavy atom. The zero-order chi connectivity index (χ0) is 12.8. The highest BCUT2D eigenvalue weighted by atomic mass is 28.3. The molecule has 1 saturated carbocycles. The molecule has 2 aliphatic rings. The minimum absolute atomic E-state index is 0.630. The molecule has 0 spiro atoms. The van der Waals surface area contributed by atoms with Crippen LogP contribution >= 0.6 is 0 Å². The molecule has 0 aromatic carbocycles. The average molecular weight is 272 g/mol. The lowest BCUT2D eigenvalue weighted by Gasteiger charge is -2.18. The summed E-state index contributed by atoms with van der Waals surface area (Å²) in [6.07, 6.45) is 9.28. The molecule has 2 fully saturated rings. The molecule has 1 aliphatic carbocycles. The van der Waals surface area contributed by atoms with E-state index in [4.69, 9.17) is 13.6 Å². The van der Waals surface area contributed by atoms with Gasteiger partial charge in [0.25, 0.3) is 0 Å². The fourth-order valence-electron chi connectivity index (χ4n) is 3.16. The van der Waals surface area contributed by atoms with E-state index in [9.17, 15) is 0 Å². The first-order valence-electron chi connectivity index (χ1n) is 7.73. The molecule has 0 radical (unpaired) electrons. The third-order valence-corrected chi connectivity index (χ3v) is 6.41. The van der Waals surface area contributed by atoms with Gasteiger partial charge in [-0.3, -0.25) is 0 Å². The zero-order valence-corrected chi connectivity index (χ0v) is 13.1. The van der Waals surface area contributed by atoms with Gasteiger partial charge in [-0.15, -0.1) is 0 Å². The zero-order valence-electron chi connectivity index (χ0n) is 11.9. The van der Waals surface area contributed by atoms with Crippen LogP contribution in [0.2, 0.25) is 6.04 Å². The molecule has 1 saturated heterocycles. The van der Waals surface area contributed by atoms with Crippen molar-refractivity contribution in [3.63, 3.8) is 0 Å². The number of fused-ring (bicyclic) bond motifs is 1. The molecule has 0 N–H and O–H groups in total. The Kier molecular flexibility index (Phi) is 6.15. The van der Waals surface area contributed by atoms with Crippen LogP contribution in [0.25, 0.3) is 0 Å². The number of rotatable bonds is 9. The van der Waals surface area contributed by atoms with Gasteiger partial charge in [-0.05, 0) is 45.1 Å². The van der Waals surface area contributed by atoms with Crippen molar-refractivity contribution >= 4 is 9.28 Å². The van der Waals surface area contributed by atoms with Crippen LogP contribution in [-0.4, -0.2) is 34.7 Å². The normalized spacial score (nSPS) is 30.5. The maximum atomic E-state index is 5.70. The first kappa shape index (κ1) is 14.5. The van der Waals surface area contributed by atoms with Gasteiger partial charge in [0.15, 0.2) is 0 Å². The Morgan fingerprint density at radius 2 is 1.89 bits per heavy atom. The van der Waals surface area contributed by atoms with Crippen LogP contribution in [0.5, 0.6) is 0 Å². The molecule has 2 rings (SSSR count). The van der Waals surface area contributed by atoms with Crippen molar-refractivity contribution in [2.75, 3.05) is 13.2 Å². The summed E-state index contributed by atoms with van der Waals surface area (Å²) < 4.78 is 17.1. The first-order chi connectivity index (χ1) is 8.85. The van der Waals surface area contributed by atoms with E-state index in [1.165, 1.54) is 44.6 Å². The van der Waals surface area contributed by atoms with E-state index in [-0.39, 0.29) is 0 Å². The molecule has 18 heavy (non-hydrogen) atoms. The summed E-state index contributed by atoms with van der Waals surface area (Å²) in [7, 11) is -1.34. The maximum absolute atomic E-state index is 5.70. The molecule has 0 bridgehead atoms. The van der Waals surface area contributed by atoms with Gasteiger partial charge in [-0.2, -0.15) is 0 Å². The fourth-order valence-corrected chi connectivity index (χ4v) is 4.96. The molecule has 1 aliphatic heterocycles. The summed E-state index contributed by atoms with van der Waals surface area (Å²) in [5.74, 6) is 0.850. The van der Waals surface area contributed by atoms with Gasteiger partial charge in [0.05, 0.1) is 12.2 Å². The van der Waals surface area contributed by atoms with Crippen LogP contribution in [0.4, 0.5) is 0 Å². The van der Waals surface area contributed by atoms with Crippen LogP contribution < -0.4 is 0 Å². The molecule has 4 heteroatoms. The quantitative estimate of drug-likeness (QED) is 0.367. The largest absolute Gasteiger partial charge is 0.397 e. The van der Waals surface area contributed by atoms with Gasteiger partial charge in [0, 0.05) is 13.2 Å². The lowest BCUT2D eigenvalue weighted by Crippen LogP contribution is -2.23. The minimum atomic E-state index is -1.34. The van der Waals surface area contributed by atoms with Crippen molar-refractivity contribution in [1.29, 1.82) is 0 Å². The van der Waals surface area contributed by atoms with Crippen molar-refractivity contribution < 1.29 is 13.6 Å². The standard InChI is InChI=1S/C14H28O3Si/c1-3-15-18(16-4-2)11-6-5-8-12-9-7-10-13-14(12)17-13/h12-14,18H,3-11H2,1-2H3. The molecule has 0 aromatic rings. The predicted octanol–water partition coefficient (Wildman–Crippen LogP) is 3.02. The van der Waals surface area contributed by atoms with E-state index in [0.717, 1.165) is 19.1 Å². The molecule has 3 atom stereocenters. The minimum Gasteiger partial charge on any atom is -0.397 e. The topological polar surface area (TPSA) is 31.0 Å². The van der Waals surface area contributed by atoms with Crippen LogP contribution in [0.1, 0.15) is 52.4 Å². The Balaban J connectivity index is 1.54. The summed E-state index contributed by atoms with van der Waals surface area (Å²) in [5, 5.41) is 0. The number of unbranched alkanes of at least 4 members (excludes halogenated alkanes) is 1. The molecule has 106 valence electrons. The second kappa shape index (κ2) is 7.63. The Bertz CT molecular complexity index is 231. The lowest BCUT2D eigenvalue weighted by molar-refractivity contribution is 0.212. The first-order valence-corrected chi connectivity index (χ1v) is 9.49. The van der Waals surface area contributed by atoms with Crippen molar-refractivity contribution in [3.05, 3.63) is 0 Å². The van der Waals surface area contributed by atoms with Crippen LogP contribution in [-0.2, 0) is 13.6 Å².